The van der Waals surface area contributed by atoms with E-state index in [2.05, 4.69) is 47.8 Å². The first-order valence-corrected chi connectivity index (χ1v) is 8.40. The molecule has 2 nitrogen and oxygen atoms in total. The molecule has 0 spiro atoms. The van der Waals surface area contributed by atoms with E-state index in [0.717, 1.165) is 12.5 Å². The summed E-state index contributed by atoms with van der Waals surface area (Å²) in [5, 5.41) is 0. The second kappa shape index (κ2) is 5.46. The normalized spacial score (nSPS) is 13.5. The summed E-state index contributed by atoms with van der Waals surface area (Å²) in [5.41, 5.74) is 0. The molecule has 0 aliphatic carbocycles. The molecule has 0 saturated carbocycles. The Hall–Kier alpha value is 1.58. The lowest BCUT2D eigenvalue weighted by Gasteiger charge is -2.24. The minimum atomic E-state index is -1.90. The van der Waals surface area contributed by atoms with Gasteiger partial charge in [-0.1, -0.05) is 47.8 Å². The molecular weight excluding hydrogens is 372 g/mol. The number of rotatable bonds is 4. The molecular formula is C6H13Br3O2Si. The van der Waals surface area contributed by atoms with E-state index in [1.165, 1.54) is 0 Å². The Morgan fingerprint density at radius 1 is 1.17 bits per heavy atom. The zero-order valence-electron chi connectivity index (χ0n) is 7.36. The smallest absolute Gasteiger partial charge is 0.334 e. The molecule has 6 heteroatoms. The number of hydrogen-bond acceptors (Lipinski definition) is 2. The maximum Gasteiger partial charge on any atom is 0.334 e. The molecule has 0 heterocycles. The Morgan fingerprint density at radius 3 is 1.83 bits per heavy atom. The summed E-state index contributed by atoms with van der Waals surface area (Å²) in [5.74, 6) is 0. The summed E-state index contributed by atoms with van der Waals surface area (Å²) in [7, 11) is 1.51. The van der Waals surface area contributed by atoms with Gasteiger partial charge >= 0.3 is 8.56 Å². The van der Waals surface area contributed by atoms with E-state index in [0.29, 0.717) is 0 Å². The van der Waals surface area contributed by atoms with Crippen molar-refractivity contribution in [3.8, 4) is 0 Å². The van der Waals surface area contributed by atoms with Crippen molar-refractivity contribution in [1.82, 2.24) is 0 Å². The highest BCUT2D eigenvalue weighted by atomic mass is 80.0. The third-order valence-electron chi connectivity index (χ3n) is 1.73. The van der Waals surface area contributed by atoms with Crippen LogP contribution in [0.4, 0.5) is 0 Å². The summed E-state index contributed by atoms with van der Waals surface area (Å²) in [6.07, 6.45) is 0.914. The molecule has 0 aromatic carbocycles. The maximum atomic E-state index is 5.34. The minimum Gasteiger partial charge on any atom is -0.398 e. The van der Waals surface area contributed by atoms with Gasteiger partial charge in [-0.25, -0.2) is 0 Å². The molecule has 0 unspecified atom stereocenters. The largest absolute Gasteiger partial charge is 0.398 e. The van der Waals surface area contributed by atoms with Gasteiger partial charge in [0.25, 0.3) is 0 Å². The summed E-state index contributed by atoms with van der Waals surface area (Å²) in [4.78, 5) is 0. The Balaban J connectivity index is 3.89. The van der Waals surface area contributed by atoms with E-state index >= 15 is 0 Å². The fourth-order valence-electron chi connectivity index (χ4n) is 0.656. The van der Waals surface area contributed by atoms with E-state index < -0.39 is 8.56 Å². The standard InChI is InChI=1S/C6H13Br3O2Si/c1-10-12(3,11-2)5-4-6(7,8)9/h4-5H2,1-3H3. The van der Waals surface area contributed by atoms with E-state index in [4.69, 9.17) is 8.85 Å². The van der Waals surface area contributed by atoms with Crippen LogP contribution in [0.3, 0.4) is 0 Å². The van der Waals surface area contributed by atoms with Crippen LogP contribution in [-0.2, 0) is 8.85 Å². The molecule has 0 aliphatic heterocycles. The van der Waals surface area contributed by atoms with Crippen molar-refractivity contribution in [1.29, 1.82) is 0 Å². The third kappa shape index (κ3) is 6.10. The SMILES string of the molecule is CO[Si](C)(CCC(Br)(Br)Br)OC. The van der Waals surface area contributed by atoms with Crippen molar-refractivity contribution in [3.63, 3.8) is 0 Å². The van der Waals surface area contributed by atoms with E-state index in [1.54, 1.807) is 14.2 Å². The molecule has 0 bridgehead atoms. The van der Waals surface area contributed by atoms with Crippen molar-refractivity contribution in [2.24, 2.45) is 0 Å². The Morgan fingerprint density at radius 2 is 1.58 bits per heavy atom. The summed E-state index contributed by atoms with van der Waals surface area (Å²) >= 11 is 10.3. The predicted molar refractivity (Wildman–Crippen MR) is 64.6 cm³/mol. The van der Waals surface area contributed by atoms with E-state index in [-0.39, 0.29) is 2.14 Å². The van der Waals surface area contributed by atoms with Crippen molar-refractivity contribution in [2.75, 3.05) is 14.2 Å². The Kier molecular flexibility index (Phi) is 6.17. The molecule has 0 saturated heterocycles. The highest BCUT2D eigenvalue weighted by molar-refractivity contribution is 9.39. The molecule has 0 atom stereocenters. The van der Waals surface area contributed by atoms with Gasteiger partial charge in [-0.15, -0.1) is 0 Å². The highest BCUT2D eigenvalue weighted by Crippen LogP contribution is 2.39. The van der Waals surface area contributed by atoms with Crippen molar-refractivity contribution in [3.05, 3.63) is 0 Å². The van der Waals surface area contributed by atoms with Crippen LogP contribution < -0.4 is 0 Å². The molecule has 12 heavy (non-hydrogen) atoms. The number of halogens is 3. The zero-order valence-corrected chi connectivity index (χ0v) is 13.1. The number of alkyl halides is 3. The van der Waals surface area contributed by atoms with Gasteiger partial charge in [0.05, 0.1) is 0 Å². The van der Waals surface area contributed by atoms with Crippen LogP contribution in [0.15, 0.2) is 0 Å². The Bertz CT molecular complexity index is 133. The van der Waals surface area contributed by atoms with Crippen molar-refractivity contribution < 1.29 is 8.85 Å². The summed E-state index contributed by atoms with van der Waals surface area (Å²) in [6.45, 7) is 2.05. The molecule has 0 radical (unpaired) electrons. The molecule has 0 aromatic rings. The number of hydrogen-bond donors (Lipinski definition) is 0. The summed E-state index contributed by atoms with van der Waals surface area (Å²) < 4.78 is 10.5. The first-order valence-electron chi connectivity index (χ1n) is 3.50. The lowest BCUT2D eigenvalue weighted by atomic mass is 10.6. The van der Waals surface area contributed by atoms with Gasteiger partial charge in [0.2, 0.25) is 0 Å². The third-order valence-corrected chi connectivity index (χ3v) is 5.80. The highest BCUT2D eigenvalue weighted by Gasteiger charge is 2.32. The average molecular weight is 385 g/mol. The first-order chi connectivity index (χ1) is 5.33. The zero-order chi connectivity index (χ0) is 9.83. The van der Waals surface area contributed by atoms with Gasteiger partial charge < -0.3 is 8.85 Å². The minimum absolute atomic E-state index is 0.182. The molecule has 0 N–H and O–H groups in total. The lowest BCUT2D eigenvalue weighted by Crippen LogP contribution is -2.36. The van der Waals surface area contributed by atoms with Crippen LogP contribution in [0.2, 0.25) is 12.6 Å². The van der Waals surface area contributed by atoms with E-state index in [1.807, 2.05) is 6.55 Å². The van der Waals surface area contributed by atoms with Crippen LogP contribution in [0, 0.1) is 0 Å². The van der Waals surface area contributed by atoms with Gasteiger partial charge in [-0.2, -0.15) is 0 Å². The second-order valence-electron chi connectivity index (χ2n) is 2.66. The van der Waals surface area contributed by atoms with Gasteiger partial charge in [0.1, 0.15) is 2.14 Å². The molecule has 0 aliphatic rings. The van der Waals surface area contributed by atoms with Crippen molar-refractivity contribution >= 4 is 56.4 Å². The molecule has 0 aromatic heterocycles. The average Bonchev–Trinajstić information content (AvgIpc) is 1.99. The first kappa shape index (κ1) is 13.6. The van der Waals surface area contributed by atoms with Crippen LogP contribution in [0.25, 0.3) is 0 Å². The van der Waals surface area contributed by atoms with Crippen LogP contribution >= 0.6 is 47.8 Å². The van der Waals surface area contributed by atoms with Crippen LogP contribution in [0.5, 0.6) is 0 Å². The van der Waals surface area contributed by atoms with Gasteiger partial charge in [-0.3, -0.25) is 0 Å². The van der Waals surface area contributed by atoms with Gasteiger partial charge in [0.15, 0.2) is 0 Å². The molecule has 0 rings (SSSR count). The van der Waals surface area contributed by atoms with Crippen molar-refractivity contribution in [2.45, 2.75) is 21.2 Å². The summed E-state index contributed by atoms with van der Waals surface area (Å²) in [6, 6.07) is 0.932. The predicted octanol–water partition coefficient (Wildman–Crippen LogP) is 3.58. The molecule has 74 valence electrons. The lowest BCUT2D eigenvalue weighted by molar-refractivity contribution is 0.249. The molecule has 0 fully saturated rings. The van der Waals surface area contributed by atoms with Crippen LogP contribution in [-0.4, -0.2) is 24.9 Å². The Labute approximate surface area is 100 Å². The molecule has 0 amide bonds. The quantitative estimate of drug-likeness (QED) is 0.545. The maximum absolute atomic E-state index is 5.34. The van der Waals surface area contributed by atoms with Gasteiger partial charge in [0, 0.05) is 14.2 Å². The fourth-order valence-corrected chi connectivity index (χ4v) is 3.75. The topological polar surface area (TPSA) is 18.5 Å². The second-order valence-corrected chi connectivity index (χ2v) is 13.5. The van der Waals surface area contributed by atoms with E-state index in [9.17, 15) is 0 Å². The monoisotopic (exact) mass is 382 g/mol. The van der Waals surface area contributed by atoms with Gasteiger partial charge in [-0.05, 0) is 19.0 Å². The fraction of sp³-hybridized carbons (Fsp3) is 1.00. The van der Waals surface area contributed by atoms with Crippen LogP contribution in [0.1, 0.15) is 6.42 Å².